The molecule has 0 heterocycles. The van der Waals surface area contributed by atoms with Gasteiger partial charge in [-0.15, -0.1) is 11.8 Å². The van der Waals surface area contributed by atoms with Crippen LogP contribution in [0, 0.1) is 0 Å². The molecule has 0 aliphatic carbocycles. The van der Waals surface area contributed by atoms with Gasteiger partial charge in [0.25, 0.3) is 0 Å². The van der Waals surface area contributed by atoms with Crippen LogP contribution >= 0.6 is 11.8 Å². The summed E-state index contributed by atoms with van der Waals surface area (Å²) in [7, 11) is 1.69. The monoisotopic (exact) mass is 378 g/mol. The molecule has 0 radical (unpaired) electrons. The van der Waals surface area contributed by atoms with Gasteiger partial charge in [-0.25, -0.2) is 0 Å². The summed E-state index contributed by atoms with van der Waals surface area (Å²) < 4.78 is 4.99. The number of hydrogen-bond donors (Lipinski definition) is 2. The third-order valence-corrected chi connectivity index (χ3v) is 6.41. The summed E-state index contributed by atoms with van der Waals surface area (Å²) in [6, 6.07) is 29.4. The van der Waals surface area contributed by atoms with Crippen LogP contribution in [-0.2, 0) is 4.75 Å². The smallest absolute Gasteiger partial charge is 0.118 e. The number of rotatable bonds is 8. The Bertz CT molecular complexity index is 783. The predicted molar refractivity (Wildman–Crippen MR) is 115 cm³/mol. The average molecular weight is 379 g/mol. The largest absolute Gasteiger partial charge is 0.497 e. The molecular weight excluding hydrogens is 352 g/mol. The van der Waals surface area contributed by atoms with Gasteiger partial charge in [0.1, 0.15) is 5.75 Å². The van der Waals surface area contributed by atoms with Gasteiger partial charge in [0.2, 0.25) is 0 Å². The molecule has 0 saturated carbocycles. The Morgan fingerprint density at radius 3 is 1.74 bits per heavy atom. The van der Waals surface area contributed by atoms with Gasteiger partial charge in [-0.05, 0) is 28.8 Å². The second-order valence-electron chi connectivity index (χ2n) is 6.45. The molecule has 0 amide bonds. The lowest BCUT2D eigenvalue weighted by Crippen LogP contribution is -2.35. The van der Waals surface area contributed by atoms with Crippen LogP contribution in [0.5, 0.6) is 5.75 Å². The third kappa shape index (κ3) is 4.19. The van der Waals surface area contributed by atoms with Crippen molar-refractivity contribution >= 4 is 11.8 Å². The van der Waals surface area contributed by atoms with E-state index in [9.17, 15) is 0 Å². The molecule has 0 fully saturated rings. The maximum atomic E-state index is 6.19. The first-order chi connectivity index (χ1) is 13.2. The van der Waals surface area contributed by atoms with Crippen LogP contribution < -0.4 is 16.2 Å². The summed E-state index contributed by atoms with van der Waals surface area (Å²) in [5.74, 6) is 1.60. The lowest BCUT2D eigenvalue weighted by molar-refractivity contribution is 0.414. The fourth-order valence-electron chi connectivity index (χ4n) is 3.22. The zero-order valence-corrected chi connectivity index (χ0v) is 16.4. The molecular formula is C23H26N2OS. The topological polar surface area (TPSA) is 61.3 Å². The second-order valence-corrected chi connectivity index (χ2v) is 7.68. The maximum Gasteiger partial charge on any atom is 0.118 e. The van der Waals surface area contributed by atoms with Gasteiger partial charge in [-0.1, -0.05) is 72.8 Å². The highest BCUT2D eigenvalue weighted by atomic mass is 32.2. The SMILES string of the molecule is COc1ccc(C(SC[C@H](N)CN)(c2ccccc2)c2ccccc2)cc1. The molecule has 3 aromatic rings. The molecule has 4 N–H and O–H groups in total. The second kappa shape index (κ2) is 9.09. The van der Waals surface area contributed by atoms with E-state index in [1.54, 1.807) is 7.11 Å². The third-order valence-electron chi connectivity index (χ3n) is 4.67. The van der Waals surface area contributed by atoms with Crippen molar-refractivity contribution in [2.45, 2.75) is 10.8 Å². The first kappa shape index (κ1) is 19.5. The number of hydrogen-bond acceptors (Lipinski definition) is 4. The van der Waals surface area contributed by atoms with Crippen molar-refractivity contribution in [3.8, 4) is 5.75 Å². The van der Waals surface area contributed by atoms with E-state index in [-0.39, 0.29) is 10.8 Å². The van der Waals surface area contributed by atoms with E-state index >= 15 is 0 Å². The Balaban J connectivity index is 2.20. The summed E-state index contributed by atoms with van der Waals surface area (Å²) >= 11 is 1.83. The molecule has 3 aromatic carbocycles. The fourth-order valence-corrected chi connectivity index (χ4v) is 4.73. The summed E-state index contributed by atoms with van der Waals surface area (Å²) in [5, 5.41) is 0. The standard InChI is InChI=1S/C23H26N2OS/c1-26-22-14-12-20(13-15-22)23(27-17-21(25)16-24,18-8-4-2-5-9-18)19-10-6-3-7-11-19/h2-15,21H,16-17,24-25H2,1H3/t21-/m1/s1. The number of ether oxygens (including phenoxy) is 1. The van der Waals surface area contributed by atoms with E-state index < -0.39 is 0 Å². The highest BCUT2D eigenvalue weighted by molar-refractivity contribution is 8.00. The molecule has 3 nitrogen and oxygen atoms in total. The normalized spacial score (nSPS) is 12.6. The highest BCUT2D eigenvalue weighted by Gasteiger charge is 2.37. The van der Waals surface area contributed by atoms with E-state index in [0.717, 1.165) is 11.5 Å². The Morgan fingerprint density at radius 2 is 1.30 bits per heavy atom. The Morgan fingerprint density at radius 1 is 0.815 bits per heavy atom. The minimum absolute atomic E-state index is 0.0555. The van der Waals surface area contributed by atoms with Crippen LogP contribution in [0.3, 0.4) is 0 Å². The molecule has 0 bridgehead atoms. The molecule has 0 spiro atoms. The lowest BCUT2D eigenvalue weighted by atomic mass is 9.84. The van der Waals surface area contributed by atoms with Crippen LogP contribution in [0.4, 0.5) is 0 Å². The van der Waals surface area contributed by atoms with Gasteiger partial charge in [-0.2, -0.15) is 0 Å². The Hall–Kier alpha value is -2.27. The Labute approximate surface area is 165 Å². The van der Waals surface area contributed by atoms with Crippen LogP contribution in [0.1, 0.15) is 16.7 Å². The van der Waals surface area contributed by atoms with E-state index in [4.69, 9.17) is 16.2 Å². The average Bonchev–Trinajstić information content (AvgIpc) is 2.76. The van der Waals surface area contributed by atoms with Crippen LogP contribution in [-0.4, -0.2) is 25.4 Å². The van der Waals surface area contributed by atoms with Gasteiger partial charge < -0.3 is 16.2 Å². The zero-order valence-electron chi connectivity index (χ0n) is 15.5. The van der Waals surface area contributed by atoms with E-state index in [1.165, 1.54) is 16.7 Å². The number of methoxy groups -OCH3 is 1. The van der Waals surface area contributed by atoms with Crippen LogP contribution in [0.15, 0.2) is 84.9 Å². The molecule has 1 atom stereocenters. The molecule has 0 aromatic heterocycles. The van der Waals surface area contributed by atoms with Crippen molar-refractivity contribution in [3.05, 3.63) is 102 Å². The minimum atomic E-state index is -0.373. The summed E-state index contributed by atoms with van der Waals surface area (Å²) in [6.45, 7) is 0.468. The molecule has 27 heavy (non-hydrogen) atoms. The zero-order chi connectivity index (χ0) is 19.1. The van der Waals surface area contributed by atoms with Crippen molar-refractivity contribution in [2.75, 3.05) is 19.4 Å². The van der Waals surface area contributed by atoms with Gasteiger partial charge in [0, 0.05) is 18.3 Å². The Kier molecular flexibility index (Phi) is 6.56. The van der Waals surface area contributed by atoms with Crippen molar-refractivity contribution < 1.29 is 4.74 Å². The van der Waals surface area contributed by atoms with Crippen LogP contribution in [0.2, 0.25) is 0 Å². The molecule has 140 valence electrons. The maximum absolute atomic E-state index is 6.19. The van der Waals surface area contributed by atoms with Gasteiger partial charge >= 0.3 is 0 Å². The van der Waals surface area contributed by atoms with Gasteiger partial charge in [0.15, 0.2) is 0 Å². The molecule has 0 aliphatic heterocycles. The lowest BCUT2D eigenvalue weighted by Gasteiger charge is -2.36. The molecule has 3 rings (SSSR count). The number of benzene rings is 3. The molecule has 0 unspecified atom stereocenters. The first-order valence-corrected chi connectivity index (χ1v) is 10.0. The number of thioether (sulfide) groups is 1. The van der Waals surface area contributed by atoms with Crippen molar-refractivity contribution in [1.29, 1.82) is 0 Å². The van der Waals surface area contributed by atoms with Crippen molar-refractivity contribution in [3.63, 3.8) is 0 Å². The van der Waals surface area contributed by atoms with Crippen molar-refractivity contribution in [1.82, 2.24) is 0 Å². The summed E-state index contributed by atoms with van der Waals surface area (Å²) in [5.41, 5.74) is 15.6. The summed E-state index contributed by atoms with van der Waals surface area (Å²) in [4.78, 5) is 0. The van der Waals surface area contributed by atoms with E-state index in [1.807, 2.05) is 36.0 Å². The van der Waals surface area contributed by atoms with Crippen molar-refractivity contribution in [2.24, 2.45) is 11.5 Å². The molecule has 0 aliphatic rings. The highest BCUT2D eigenvalue weighted by Crippen LogP contribution is 2.48. The van der Waals surface area contributed by atoms with E-state index in [2.05, 4.69) is 60.7 Å². The quantitative estimate of drug-likeness (QED) is 0.582. The summed E-state index contributed by atoms with van der Waals surface area (Å²) in [6.07, 6.45) is 0. The number of nitrogens with two attached hydrogens (primary N) is 2. The predicted octanol–water partition coefficient (Wildman–Crippen LogP) is 4.01. The fraction of sp³-hybridized carbons (Fsp3) is 0.217. The molecule has 4 heteroatoms. The molecule has 0 saturated heterocycles. The first-order valence-electron chi connectivity index (χ1n) is 9.06. The minimum Gasteiger partial charge on any atom is -0.497 e. The van der Waals surface area contributed by atoms with E-state index in [0.29, 0.717) is 6.54 Å². The van der Waals surface area contributed by atoms with Crippen LogP contribution in [0.25, 0.3) is 0 Å². The van der Waals surface area contributed by atoms with Gasteiger partial charge in [0.05, 0.1) is 11.9 Å². The van der Waals surface area contributed by atoms with Gasteiger partial charge in [-0.3, -0.25) is 0 Å².